The molecular weight excluding hydrogens is 194 g/mol. The van der Waals surface area contributed by atoms with Gasteiger partial charge in [-0.15, -0.1) is 0 Å². The summed E-state index contributed by atoms with van der Waals surface area (Å²) in [5.41, 5.74) is 3.14. The van der Waals surface area contributed by atoms with E-state index in [2.05, 4.69) is 50.4 Å². The standard InChI is InChI=1S/C15H23N/c1-12(2)15(10-6-7-11-16-15)14-9-5-4-8-13(14)3/h4-5,8-9,12,16H,6-7,10-11H2,1-3H3. The molecule has 1 aromatic carbocycles. The molecule has 1 unspecified atom stereocenters. The van der Waals surface area contributed by atoms with Crippen molar-refractivity contribution >= 4 is 0 Å². The van der Waals surface area contributed by atoms with Crippen molar-refractivity contribution in [2.45, 2.75) is 45.6 Å². The molecule has 16 heavy (non-hydrogen) atoms. The number of piperidine rings is 1. The minimum atomic E-state index is 0.212. The maximum absolute atomic E-state index is 3.79. The summed E-state index contributed by atoms with van der Waals surface area (Å²) in [4.78, 5) is 0. The highest BCUT2D eigenvalue weighted by atomic mass is 15.0. The second kappa shape index (κ2) is 4.58. The Morgan fingerprint density at radius 1 is 1.19 bits per heavy atom. The summed E-state index contributed by atoms with van der Waals surface area (Å²) in [6.45, 7) is 8.07. The van der Waals surface area contributed by atoms with E-state index in [-0.39, 0.29) is 5.54 Å². The fourth-order valence-corrected chi connectivity index (χ4v) is 3.04. The van der Waals surface area contributed by atoms with Crippen LogP contribution in [0.2, 0.25) is 0 Å². The smallest absolute Gasteiger partial charge is 0.0460 e. The topological polar surface area (TPSA) is 12.0 Å². The molecule has 88 valence electrons. The number of rotatable bonds is 2. The van der Waals surface area contributed by atoms with E-state index in [1.807, 2.05) is 0 Å². The van der Waals surface area contributed by atoms with Crippen LogP contribution < -0.4 is 5.32 Å². The van der Waals surface area contributed by atoms with E-state index in [4.69, 9.17) is 0 Å². The molecule has 0 radical (unpaired) electrons. The molecule has 1 atom stereocenters. The third-order valence-corrected chi connectivity index (χ3v) is 4.05. The number of nitrogens with one attached hydrogen (secondary N) is 1. The predicted molar refractivity (Wildman–Crippen MR) is 69.5 cm³/mol. The fraction of sp³-hybridized carbons (Fsp3) is 0.600. The van der Waals surface area contributed by atoms with E-state index in [0.717, 1.165) is 6.54 Å². The first-order chi connectivity index (χ1) is 7.67. The maximum Gasteiger partial charge on any atom is 0.0460 e. The molecule has 2 rings (SSSR count). The van der Waals surface area contributed by atoms with Gasteiger partial charge in [-0.1, -0.05) is 38.1 Å². The Morgan fingerprint density at radius 2 is 1.94 bits per heavy atom. The van der Waals surface area contributed by atoms with Gasteiger partial charge in [0, 0.05) is 5.54 Å². The number of benzene rings is 1. The van der Waals surface area contributed by atoms with Crippen LogP contribution in [-0.2, 0) is 5.54 Å². The van der Waals surface area contributed by atoms with Crippen molar-refractivity contribution in [3.63, 3.8) is 0 Å². The van der Waals surface area contributed by atoms with Crippen LogP contribution in [0.15, 0.2) is 24.3 Å². The zero-order valence-corrected chi connectivity index (χ0v) is 10.7. The Hall–Kier alpha value is -0.820. The number of hydrogen-bond donors (Lipinski definition) is 1. The molecule has 1 aliphatic rings. The largest absolute Gasteiger partial charge is 0.307 e. The average Bonchev–Trinajstić information content (AvgIpc) is 2.30. The monoisotopic (exact) mass is 217 g/mol. The molecule has 1 N–H and O–H groups in total. The minimum absolute atomic E-state index is 0.212. The second-order valence-corrected chi connectivity index (χ2v) is 5.32. The molecule has 1 heteroatoms. The van der Waals surface area contributed by atoms with Gasteiger partial charge in [-0.25, -0.2) is 0 Å². The SMILES string of the molecule is Cc1ccccc1C1(C(C)C)CCCCN1. The molecule has 0 aromatic heterocycles. The highest BCUT2D eigenvalue weighted by Crippen LogP contribution is 2.38. The quantitative estimate of drug-likeness (QED) is 0.798. The molecule has 0 bridgehead atoms. The third-order valence-electron chi connectivity index (χ3n) is 4.05. The second-order valence-electron chi connectivity index (χ2n) is 5.32. The predicted octanol–water partition coefficient (Wildman–Crippen LogP) is 3.62. The van der Waals surface area contributed by atoms with Gasteiger partial charge in [0.1, 0.15) is 0 Å². The van der Waals surface area contributed by atoms with Gasteiger partial charge in [0.25, 0.3) is 0 Å². The molecular formula is C15H23N. The Kier molecular flexibility index (Phi) is 3.34. The Balaban J connectivity index is 2.43. The van der Waals surface area contributed by atoms with Crippen molar-refractivity contribution in [2.75, 3.05) is 6.54 Å². The number of hydrogen-bond acceptors (Lipinski definition) is 1. The van der Waals surface area contributed by atoms with Gasteiger partial charge in [-0.2, -0.15) is 0 Å². The van der Waals surface area contributed by atoms with Crippen LogP contribution in [0.5, 0.6) is 0 Å². The van der Waals surface area contributed by atoms with Crippen molar-refractivity contribution in [3.05, 3.63) is 35.4 Å². The van der Waals surface area contributed by atoms with E-state index >= 15 is 0 Å². The van der Waals surface area contributed by atoms with E-state index in [1.54, 1.807) is 0 Å². The van der Waals surface area contributed by atoms with Gasteiger partial charge in [0.2, 0.25) is 0 Å². The highest BCUT2D eigenvalue weighted by Gasteiger charge is 2.37. The molecule has 1 aromatic rings. The fourth-order valence-electron chi connectivity index (χ4n) is 3.04. The van der Waals surface area contributed by atoms with Gasteiger partial charge < -0.3 is 5.32 Å². The molecule has 1 aliphatic heterocycles. The normalized spacial score (nSPS) is 26.0. The van der Waals surface area contributed by atoms with Crippen molar-refractivity contribution in [1.29, 1.82) is 0 Å². The highest BCUT2D eigenvalue weighted by molar-refractivity contribution is 5.33. The summed E-state index contributed by atoms with van der Waals surface area (Å²) in [5.74, 6) is 0.647. The van der Waals surface area contributed by atoms with E-state index < -0.39 is 0 Å². The lowest BCUT2D eigenvalue weighted by Gasteiger charge is -2.43. The van der Waals surface area contributed by atoms with E-state index in [9.17, 15) is 0 Å². The Bertz CT molecular complexity index is 348. The van der Waals surface area contributed by atoms with Crippen molar-refractivity contribution in [1.82, 2.24) is 5.32 Å². The summed E-state index contributed by atoms with van der Waals surface area (Å²) in [7, 11) is 0. The zero-order chi connectivity index (χ0) is 11.6. The van der Waals surface area contributed by atoms with Gasteiger partial charge in [0.05, 0.1) is 0 Å². The minimum Gasteiger partial charge on any atom is -0.307 e. The number of aryl methyl sites for hydroxylation is 1. The first-order valence-electron chi connectivity index (χ1n) is 6.48. The van der Waals surface area contributed by atoms with Crippen molar-refractivity contribution in [3.8, 4) is 0 Å². The van der Waals surface area contributed by atoms with E-state index in [0.29, 0.717) is 5.92 Å². The van der Waals surface area contributed by atoms with Gasteiger partial charge in [-0.05, 0) is 49.8 Å². The first kappa shape index (κ1) is 11.7. The first-order valence-corrected chi connectivity index (χ1v) is 6.48. The van der Waals surface area contributed by atoms with Crippen LogP contribution in [0, 0.1) is 12.8 Å². The molecule has 0 aliphatic carbocycles. The van der Waals surface area contributed by atoms with Gasteiger partial charge >= 0.3 is 0 Å². The van der Waals surface area contributed by atoms with E-state index in [1.165, 1.54) is 30.4 Å². The summed E-state index contributed by atoms with van der Waals surface area (Å²) in [5, 5.41) is 3.79. The third kappa shape index (κ3) is 1.89. The molecule has 1 fully saturated rings. The Labute approximate surface area is 99.3 Å². The van der Waals surface area contributed by atoms with Gasteiger partial charge in [-0.3, -0.25) is 0 Å². The van der Waals surface area contributed by atoms with Crippen LogP contribution >= 0.6 is 0 Å². The maximum atomic E-state index is 3.79. The molecule has 0 amide bonds. The molecule has 0 saturated carbocycles. The van der Waals surface area contributed by atoms with Crippen LogP contribution in [0.4, 0.5) is 0 Å². The summed E-state index contributed by atoms with van der Waals surface area (Å²) >= 11 is 0. The van der Waals surface area contributed by atoms with Crippen LogP contribution in [-0.4, -0.2) is 6.54 Å². The summed E-state index contributed by atoms with van der Waals surface area (Å²) in [6.07, 6.45) is 3.94. The van der Waals surface area contributed by atoms with Crippen LogP contribution in [0.3, 0.4) is 0 Å². The van der Waals surface area contributed by atoms with Crippen LogP contribution in [0.1, 0.15) is 44.2 Å². The molecule has 1 nitrogen and oxygen atoms in total. The van der Waals surface area contributed by atoms with Crippen molar-refractivity contribution < 1.29 is 0 Å². The van der Waals surface area contributed by atoms with Crippen LogP contribution in [0.25, 0.3) is 0 Å². The molecule has 1 saturated heterocycles. The Morgan fingerprint density at radius 3 is 2.50 bits per heavy atom. The summed E-state index contributed by atoms with van der Waals surface area (Å²) in [6, 6.07) is 8.84. The lowest BCUT2D eigenvalue weighted by Crippen LogP contribution is -2.50. The van der Waals surface area contributed by atoms with Crippen molar-refractivity contribution in [2.24, 2.45) is 5.92 Å². The van der Waals surface area contributed by atoms with Gasteiger partial charge in [0.15, 0.2) is 0 Å². The molecule has 1 heterocycles. The summed E-state index contributed by atoms with van der Waals surface area (Å²) < 4.78 is 0. The lowest BCUT2D eigenvalue weighted by atomic mass is 9.73. The molecule has 0 spiro atoms. The average molecular weight is 217 g/mol. The zero-order valence-electron chi connectivity index (χ0n) is 10.7. The lowest BCUT2D eigenvalue weighted by molar-refractivity contribution is 0.183.